The van der Waals surface area contributed by atoms with Crippen LogP contribution in [0.25, 0.3) is 0 Å². The van der Waals surface area contributed by atoms with Crippen molar-refractivity contribution in [2.24, 2.45) is 0 Å². The average Bonchev–Trinajstić information content (AvgIpc) is 2.80. The van der Waals surface area contributed by atoms with E-state index in [4.69, 9.17) is 4.74 Å². The van der Waals surface area contributed by atoms with E-state index < -0.39 is 28.8 Å². The second-order valence-electron chi connectivity index (χ2n) is 6.62. The predicted octanol–water partition coefficient (Wildman–Crippen LogP) is 2.75. The molecule has 0 unspecified atom stereocenters. The van der Waals surface area contributed by atoms with Crippen molar-refractivity contribution in [2.75, 3.05) is 18.4 Å². The third-order valence-corrected chi connectivity index (χ3v) is 3.93. The summed E-state index contributed by atoms with van der Waals surface area (Å²) in [5.74, 6) is 0. The van der Waals surface area contributed by atoms with Crippen LogP contribution in [0.15, 0.2) is 22.7 Å². The van der Waals surface area contributed by atoms with Gasteiger partial charge in [0.1, 0.15) is 11.3 Å². The second kappa shape index (κ2) is 6.94. The number of ether oxygens (including phenoxy) is 1. The Labute approximate surface area is 148 Å². The molecule has 1 aliphatic rings. The maximum absolute atomic E-state index is 12.1. The maximum atomic E-state index is 12.1. The van der Waals surface area contributed by atoms with Gasteiger partial charge >= 0.3 is 6.09 Å². The molecule has 1 aliphatic heterocycles. The standard InChI is InChI=1S/C15H20BrN3O5/c1-15(2,3)24-14(21)18-7-11(13(20)8-18)17-10-5-4-9(16)6-12(10)19(22)23/h4-6,11,13,17,20H,7-8H2,1-3H3/t11-,13-/m1/s1. The fraction of sp³-hybridized carbons (Fsp3) is 0.533. The van der Waals surface area contributed by atoms with Crippen LogP contribution in [0.1, 0.15) is 20.8 Å². The largest absolute Gasteiger partial charge is 0.444 e. The molecule has 132 valence electrons. The Hall–Kier alpha value is -1.87. The van der Waals surface area contributed by atoms with E-state index in [1.165, 1.54) is 11.0 Å². The Kier molecular flexibility index (Phi) is 5.34. The molecule has 2 atom stereocenters. The number of hydrogen-bond acceptors (Lipinski definition) is 6. The van der Waals surface area contributed by atoms with E-state index >= 15 is 0 Å². The number of rotatable bonds is 3. The zero-order valence-corrected chi connectivity index (χ0v) is 15.2. The molecular formula is C15H20BrN3O5. The summed E-state index contributed by atoms with van der Waals surface area (Å²) >= 11 is 3.19. The van der Waals surface area contributed by atoms with E-state index in [1.807, 2.05) is 0 Å². The lowest BCUT2D eigenvalue weighted by Crippen LogP contribution is -2.36. The Balaban J connectivity index is 2.09. The van der Waals surface area contributed by atoms with E-state index in [0.717, 1.165) is 0 Å². The molecule has 1 heterocycles. The van der Waals surface area contributed by atoms with E-state index in [2.05, 4.69) is 21.2 Å². The molecule has 1 fully saturated rings. The van der Waals surface area contributed by atoms with Crippen molar-refractivity contribution in [1.82, 2.24) is 4.90 Å². The summed E-state index contributed by atoms with van der Waals surface area (Å²) < 4.78 is 5.87. The second-order valence-corrected chi connectivity index (χ2v) is 7.54. The van der Waals surface area contributed by atoms with Crippen molar-refractivity contribution >= 4 is 33.4 Å². The number of hydrogen-bond donors (Lipinski definition) is 2. The molecule has 2 N–H and O–H groups in total. The first kappa shape index (κ1) is 18.5. The van der Waals surface area contributed by atoms with E-state index in [-0.39, 0.29) is 18.8 Å². The van der Waals surface area contributed by atoms with Crippen LogP contribution >= 0.6 is 15.9 Å². The molecule has 1 aromatic rings. The lowest BCUT2D eigenvalue weighted by Gasteiger charge is -2.24. The number of aliphatic hydroxyl groups is 1. The number of carbonyl (C=O) groups is 1. The van der Waals surface area contributed by atoms with Crippen molar-refractivity contribution in [3.8, 4) is 0 Å². The molecule has 0 saturated carbocycles. The molecule has 8 nitrogen and oxygen atoms in total. The zero-order chi connectivity index (χ0) is 18.1. The highest BCUT2D eigenvalue weighted by Gasteiger charge is 2.37. The number of nitro benzene ring substituents is 1. The van der Waals surface area contributed by atoms with Crippen molar-refractivity contribution in [2.45, 2.75) is 38.5 Å². The Morgan fingerprint density at radius 3 is 2.71 bits per heavy atom. The first-order valence-electron chi connectivity index (χ1n) is 7.43. The molecule has 0 aromatic heterocycles. The van der Waals surface area contributed by atoms with Crippen molar-refractivity contribution < 1.29 is 19.6 Å². The fourth-order valence-corrected chi connectivity index (χ4v) is 2.73. The molecule has 1 saturated heterocycles. The van der Waals surface area contributed by atoms with Gasteiger partial charge in [0.2, 0.25) is 0 Å². The maximum Gasteiger partial charge on any atom is 0.410 e. The van der Waals surface area contributed by atoms with Gasteiger partial charge in [0.15, 0.2) is 0 Å². The van der Waals surface area contributed by atoms with Crippen LogP contribution in [0, 0.1) is 10.1 Å². The highest BCUT2D eigenvalue weighted by Crippen LogP contribution is 2.30. The minimum absolute atomic E-state index is 0.104. The van der Waals surface area contributed by atoms with Gasteiger partial charge in [-0.05, 0) is 32.9 Å². The Morgan fingerprint density at radius 1 is 1.46 bits per heavy atom. The number of nitro groups is 1. The molecule has 24 heavy (non-hydrogen) atoms. The van der Waals surface area contributed by atoms with Crippen LogP contribution in [-0.4, -0.2) is 51.9 Å². The van der Waals surface area contributed by atoms with Crippen LogP contribution in [0.5, 0.6) is 0 Å². The molecular weight excluding hydrogens is 382 g/mol. The Morgan fingerprint density at radius 2 is 2.12 bits per heavy atom. The number of anilines is 1. The third kappa shape index (κ3) is 4.57. The molecule has 0 spiro atoms. The summed E-state index contributed by atoms with van der Waals surface area (Å²) in [4.78, 5) is 24.1. The quantitative estimate of drug-likeness (QED) is 0.595. The first-order valence-corrected chi connectivity index (χ1v) is 8.22. The fourth-order valence-electron chi connectivity index (χ4n) is 2.38. The van der Waals surface area contributed by atoms with Crippen LogP contribution in [0.3, 0.4) is 0 Å². The number of β-amino-alcohol motifs (C(OH)–C–C–N with tert-alkyl or cyclic N) is 1. The van der Waals surface area contributed by atoms with Crippen molar-refractivity contribution in [1.29, 1.82) is 0 Å². The number of likely N-dealkylation sites (tertiary alicyclic amines) is 1. The van der Waals surface area contributed by atoms with Gasteiger partial charge in [-0.1, -0.05) is 15.9 Å². The number of halogens is 1. The lowest BCUT2D eigenvalue weighted by molar-refractivity contribution is -0.384. The monoisotopic (exact) mass is 401 g/mol. The van der Waals surface area contributed by atoms with Crippen LogP contribution in [0.4, 0.5) is 16.2 Å². The molecule has 1 aromatic carbocycles. The molecule has 0 aliphatic carbocycles. The average molecular weight is 402 g/mol. The van der Waals surface area contributed by atoms with Crippen molar-refractivity contribution in [3.05, 3.63) is 32.8 Å². The third-order valence-electron chi connectivity index (χ3n) is 3.44. The SMILES string of the molecule is CC(C)(C)OC(=O)N1C[C@@H](O)[C@H](Nc2ccc(Br)cc2[N+](=O)[O-])C1. The van der Waals surface area contributed by atoms with Gasteiger partial charge in [0.25, 0.3) is 5.69 Å². The van der Waals surface area contributed by atoms with E-state index in [0.29, 0.717) is 10.2 Å². The Bertz CT molecular complexity index is 646. The van der Waals surface area contributed by atoms with Gasteiger partial charge < -0.3 is 20.1 Å². The van der Waals surface area contributed by atoms with Crippen LogP contribution < -0.4 is 5.32 Å². The van der Waals surface area contributed by atoms with Gasteiger partial charge in [0, 0.05) is 17.1 Å². The van der Waals surface area contributed by atoms with Crippen LogP contribution in [-0.2, 0) is 4.74 Å². The summed E-state index contributed by atoms with van der Waals surface area (Å²) in [6, 6.07) is 4.10. The van der Waals surface area contributed by atoms with Gasteiger partial charge in [-0.25, -0.2) is 4.79 Å². The highest BCUT2D eigenvalue weighted by atomic mass is 79.9. The van der Waals surface area contributed by atoms with Gasteiger partial charge in [0.05, 0.1) is 23.6 Å². The zero-order valence-electron chi connectivity index (χ0n) is 13.7. The highest BCUT2D eigenvalue weighted by molar-refractivity contribution is 9.10. The summed E-state index contributed by atoms with van der Waals surface area (Å²) in [6.45, 7) is 5.59. The smallest absolute Gasteiger partial charge is 0.410 e. The first-order chi connectivity index (χ1) is 11.1. The number of aliphatic hydroxyl groups excluding tert-OH is 1. The van der Waals surface area contributed by atoms with Gasteiger partial charge in [-0.2, -0.15) is 0 Å². The van der Waals surface area contributed by atoms with E-state index in [9.17, 15) is 20.0 Å². The number of carbonyl (C=O) groups excluding carboxylic acids is 1. The number of amides is 1. The topological polar surface area (TPSA) is 105 Å². The summed E-state index contributed by atoms with van der Waals surface area (Å²) in [7, 11) is 0. The predicted molar refractivity (Wildman–Crippen MR) is 92.0 cm³/mol. The molecule has 9 heteroatoms. The van der Waals surface area contributed by atoms with Gasteiger partial charge in [-0.3, -0.25) is 10.1 Å². The minimum atomic E-state index is -0.847. The van der Waals surface area contributed by atoms with Gasteiger partial charge in [-0.15, -0.1) is 0 Å². The summed E-state index contributed by atoms with van der Waals surface area (Å²) in [5.41, 5.74) is -0.441. The summed E-state index contributed by atoms with van der Waals surface area (Å²) in [5, 5.41) is 24.3. The normalized spacial score (nSPS) is 20.8. The lowest BCUT2D eigenvalue weighted by atomic mass is 10.2. The molecule has 1 amide bonds. The number of nitrogens with one attached hydrogen (secondary N) is 1. The van der Waals surface area contributed by atoms with E-state index in [1.54, 1.807) is 32.9 Å². The molecule has 0 radical (unpaired) electrons. The van der Waals surface area contributed by atoms with Crippen molar-refractivity contribution in [3.63, 3.8) is 0 Å². The molecule has 0 bridgehead atoms. The van der Waals surface area contributed by atoms with Crippen LogP contribution in [0.2, 0.25) is 0 Å². The minimum Gasteiger partial charge on any atom is -0.444 e. The number of benzene rings is 1. The summed E-state index contributed by atoms with van der Waals surface area (Å²) in [6.07, 6.45) is -1.36. The molecule has 2 rings (SSSR count). The number of nitrogens with zero attached hydrogens (tertiary/aromatic N) is 2.